The number of nitrogens with zero attached hydrogens (tertiary/aromatic N) is 1. The van der Waals surface area contributed by atoms with Crippen LogP contribution in [0.5, 0.6) is 5.88 Å². The van der Waals surface area contributed by atoms with Gasteiger partial charge >= 0.3 is 6.18 Å². The highest BCUT2D eigenvalue weighted by Crippen LogP contribution is 2.33. The molecule has 0 bridgehead atoms. The second kappa shape index (κ2) is 5.99. The lowest BCUT2D eigenvalue weighted by atomic mass is 10.1. The minimum absolute atomic E-state index is 0.161. The molecule has 1 heterocycles. The molecule has 0 amide bonds. The molecule has 0 unspecified atom stereocenters. The first kappa shape index (κ1) is 15.1. The molecule has 0 aliphatic heterocycles. The van der Waals surface area contributed by atoms with Gasteiger partial charge in [-0.05, 0) is 24.3 Å². The molecule has 0 atom stereocenters. The maximum absolute atomic E-state index is 13.2. The summed E-state index contributed by atoms with van der Waals surface area (Å²) in [5.74, 6) is -0.892. The van der Waals surface area contributed by atoms with Crippen LogP contribution in [0, 0.1) is 5.82 Å². The van der Waals surface area contributed by atoms with Gasteiger partial charge in [0.15, 0.2) is 0 Å². The molecular weight excluding hydrogens is 288 g/mol. The number of aromatic nitrogens is 1. The third kappa shape index (κ3) is 3.84. The van der Waals surface area contributed by atoms with Gasteiger partial charge in [0, 0.05) is 11.8 Å². The van der Waals surface area contributed by atoms with E-state index in [2.05, 4.69) is 10.3 Å². The fraction of sp³-hybridized carbons (Fsp3) is 0.214. The molecular formula is C14H12F4N2O. The summed E-state index contributed by atoms with van der Waals surface area (Å²) in [6.07, 6.45) is -4.73. The van der Waals surface area contributed by atoms with Gasteiger partial charge in [-0.1, -0.05) is 6.07 Å². The molecule has 0 radical (unpaired) electrons. The molecule has 0 aliphatic rings. The molecule has 1 aromatic carbocycles. The summed E-state index contributed by atoms with van der Waals surface area (Å²) in [5.41, 5.74) is -0.549. The van der Waals surface area contributed by atoms with E-state index in [9.17, 15) is 17.6 Å². The molecule has 1 N–H and O–H groups in total. The van der Waals surface area contributed by atoms with Gasteiger partial charge in [0.25, 0.3) is 0 Å². The Morgan fingerprint density at radius 1 is 1.19 bits per heavy atom. The zero-order chi connectivity index (χ0) is 15.5. The summed E-state index contributed by atoms with van der Waals surface area (Å²) in [7, 11) is 1.47. The Kier molecular flexibility index (Phi) is 4.30. The van der Waals surface area contributed by atoms with E-state index in [1.807, 2.05) is 0 Å². The highest BCUT2D eigenvalue weighted by Gasteiger charge is 2.34. The van der Waals surface area contributed by atoms with E-state index >= 15 is 0 Å². The van der Waals surface area contributed by atoms with Crippen LogP contribution in [0.3, 0.4) is 0 Å². The first-order valence-corrected chi connectivity index (χ1v) is 6.00. The number of rotatable bonds is 4. The summed E-state index contributed by atoms with van der Waals surface area (Å²) in [6, 6.07) is 7.83. The first-order valence-electron chi connectivity index (χ1n) is 6.00. The molecule has 1 aromatic heterocycles. The van der Waals surface area contributed by atoms with E-state index in [0.717, 1.165) is 12.1 Å². The first-order chi connectivity index (χ1) is 9.90. The van der Waals surface area contributed by atoms with Crippen molar-refractivity contribution in [2.75, 3.05) is 12.4 Å². The predicted octanol–water partition coefficient (Wildman–Crippen LogP) is 3.86. The minimum atomic E-state index is -4.73. The van der Waals surface area contributed by atoms with Crippen LogP contribution in [0.1, 0.15) is 11.3 Å². The van der Waals surface area contributed by atoms with Crippen LogP contribution in [-0.4, -0.2) is 12.1 Å². The van der Waals surface area contributed by atoms with E-state index in [-0.39, 0.29) is 12.2 Å². The Labute approximate surface area is 118 Å². The number of ether oxygens (including phenoxy) is 1. The fourth-order valence-electron chi connectivity index (χ4n) is 1.71. The van der Waals surface area contributed by atoms with E-state index in [4.69, 9.17) is 4.74 Å². The van der Waals surface area contributed by atoms with Gasteiger partial charge in [-0.15, -0.1) is 0 Å². The number of alkyl halides is 3. The van der Waals surface area contributed by atoms with Crippen molar-refractivity contribution >= 4 is 5.69 Å². The lowest BCUT2D eigenvalue weighted by Gasteiger charge is -2.11. The SMILES string of the molecule is COc1cccc(CNc2ccc(F)c(C(F)(F)F)c2)n1. The average Bonchev–Trinajstić information content (AvgIpc) is 2.45. The number of hydrogen-bond acceptors (Lipinski definition) is 3. The molecule has 2 rings (SSSR count). The van der Waals surface area contributed by atoms with Gasteiger partial charge < -0.3 is 10.1 Å². The Hall–Kier alpha value is -2.31. The maximum atomic E-state index is 13.2. The van der Waals surface area contributed by atoms with Crippen LogP contribution in [0.15, 0.2) is 36.4 Å². The number of halogens is 4. The standard InChI is InChI=1S/C14H12F4N2O/c1-21-13-4-2-3-10(20-13)8-19-9-5-6-12(15)11(7-9)14(16,17)18/h2-7,19H,8H2,1H3. The van der Waals surface area contributed by atoms with Gasteiger partial charge in [0.2, 0.25) is 5.88 Å². The topological polar surface area (TPSA) is 34.1 Å². The summed E-state index contributed by atoms with van der Waals surface area (Å²) in [6.45, 7) is 0.195. The van der Waals surface area contributed by atoms with Crippen molar-refractivity contribution in [3.8, 4) is 5.88 Å². The Balaban J connectivity index is 2.13. The van der Waals surface area contributed by atoms with Gasteiger partial charge in [-0.3, -0.25) is 0 Å². The number of methoxy groups -OCH3 is 1. The highest BCUT2D eigenvalue weighted by molar-refractivity contribution is 5.47. The van der Waals surface area contributed by atoms with E-state index < -0.39 is 17.6 Å². The lowest BCUT2D eigenvalue weighted by Crippen LogP contribution is -2.09. The van der Waals surface area contributed by atoms with Crippen molar-refractivity contribution in [1.82, 2.24) is 4.98 Å². The van der Waals surface area contributed by atoms with Gasteiger partial charge in [0.1, 0.15) is 5.82 Å². The largest absolute Gasteiger partial charge is 0.481 e. The third-order valence-electron chi connectivity index (χ3n) is 2.74. The number of hydrogen-bond donors (Lipinski definition) is 1. The van der Waals surface area contributed by atoms with Crippen molar-refractivity contribution in [3.63, 3.8) is 0 Å². The zero-order valence-corrected chi connectivity index (χ0v) is 11.0. The van der Waals surface area contributed by atoms with Crippen molar-refractivity contribution in [2.24, 2.45) is 0 Å². The van der Waals surface area contributed by atoms with Crippen LogP contribution in [0.2, 0.25) is 0 Å². The van der Waals surface area contributed by atoms with Gasteiger partial charge in [0.05, 0.1) is 24.9 Å². The van der Waals surface area contributed by atoms with Crippen LogP contribution in [0.25, 0.3) is 0 Å². The quantitative estimate of drug-likeness (QED) is 0.871. The number of benzene rings is 1. The molecule has 7 heteroatoms. The second-order valence-electron chi connectivity index (χ2n) is 4.22. The molecule has 21 heavy (non-hydrogen) atoms. The molecule has 0 saturated heterocycles. The van der Waals surface area contributed by atoms with Crippen LogP contribution in [-0.2, 0) is 12.7 Å². The summed E-state index contributed by atoms with van der Waals surface area (Å²) < 4.78 is 55.9. The minimum Gasteiger partial charge on any atom is -0.481 e. The van der Waals surface area contributed by atoms with E-state index in [1.165, 1.54) is 13.2 Å². The Morgan fingerprint density at radius 2 is 1.95 bits per heavy atom. The predicted molar refractivity (Wildman–Crippen MR) is 69.5 cm³/mol. The molecule has 112 valence electrons. The molecule has 0 fully saturated rings. The molecule has 3 nitrogen and oxygen atoms in total. The molecule has 2 aromatic rings. The Bertz CT molecular complexity index is 629. The monoisotopic (exact) mass is 300 g/mol. The fourth-order valence-corrected chi connectivity index (χ4v) is 1.71. The van der Waals surface area contributed by atoms with Gasteiger partial charge in [-0.2, -0.15) is 13.2 Å². The Morgan fingerprint density at radius 3 is 2.62 bits per heavy atom. The number of pyridine rings is 1. The highest BCUT2D eigenvalue weighted by atomic mass is 19.4. The van der Waals surface area contributed by atoms with Crippen molar-refractivity contribution < 1.29 is 22.3 Å². The van der Waals surface area contributed by atoms with E-state index in [1.54, 1.807) is 18.2 Å². The smallest absolute Gasteiger partial charge is 0.419 e. The normalized spacial score (nSPS) is 11.3. The van der Waals surface area contributed by atoms with Crippen LogP contribution < -0.4 is 10.1 Å². The number of anilines is 1. The summed E-state index contributed by atoms with van der Waals surface area (Å²) >= 11 is 0. The van der Waals surface area contributed by atoms with Crippen molar-refractivity contribution in [3.05, 3.63) is 53.5 Å². The van der Waals surface area contributed by atoms with Gasteiger partial charge in [-0.25, -0.2) is 9.37 Å². The molecule has 0 saturated carbocycles. The third-order valence-corrected chi connectivity index (χ3v) is 2.74. The van der Waals surface area contributed by atoms with Crippen LogP contribution >= 0.6 is 0 Å². The van der Waals surface area contributed by atoms with E-state index in [0.29, 0.717) is 11.6 Å². The summed E-state index contributed by atoms with van der Waals surface area (Å²) in [4.78, 5) is 4.11. The summed E-state index contributed by atoms with van der Waals surface area (Å²) in [5, 5.41) is 2.77. The average molecular weight is 300 g/mol. The zero-order valence-electron chi connectivity index (χ0n) is 11.0. The molecule has 0 aliphatic carbocycles. The molecule has 0 spiro atoms. The lowest BCUT2D eigenvalue weighted by molar-refractivity contribution is -0.139. The van der Waals surface area contributed by atoms with Crippen molar-refractivity contribution in [2.45, 2.75) is 12.7 Å². The maximum Gasteiger partial charge on any atom is 0.419 e. The van der Waals surface area contributed by atoms with Crippen molar-refractivity contribution in [1.29, 1.82) is 0 Å². The van der Waals surface area contributed by atoms with Crippen LogP contribution in [0.4, 0.5) is 23.2 Å². The second-order valence-corrected chi connectivity index (χ2v) is 4.22. The number of nitrogens with one attached hydrogen (secondary N) is 1.